The van der Waals surface area contributed by atoms with Gasteiger partial charge in [-0.25, -0.2) is 14.6 Å². The van der Waals surface area contributed by atoms with Gasteiger partial charge in [0, 0.05) is 25.0 Å². The Morgan fingerprint density at radius 1 is 1.25 bits per heavy atom. The molecule has 0 fully saturated rings. The number of aryl methyl sites for hydroxylation is 1. The molecule has 0 spiro atoms. The largest absolute Gasteiger partial charge is 0.337 e. The van der Waals surface area contributed by atoms with E-state index in [1.165, 1.54) is 0 Å². The van der Waals surface area contributed by atoms with Crippen LogP contribution in [0.1, 0.15) is 5.82 Å². The lowest BCUT2D eigenvalue weighted by Crippen LogP contribution is -2.08. The maximum absolute atomic E-state index is 5.96. The van der Waals surface area contributed by atoms with Gasteiger partial charge >= 0.3 is 0 Å². The molecule has 0 amide bonds. The monoisotopic (exact) mass is 285 g/mol. The van der Waals surface area contributed by atoms with Crippen molar-refractivity contribution in [2.45, 2.75) is 10.9 Å². The summed E-state index contributed by atoms with van der Waals surface area (Å²) in [4.78, 5) is 8.86. The van der Waals surface area contributed by atoms with Gasteiger partial charge in [0.05, 0.1) is 17.6 Å². The summed E-state index contributed by atoms with van der Waals surface area (Å²) < 4.78 is 3.56. The molecule has 2 N–H and O–H groups in total. The number of aromatic nitrogens is 4. The maximum atomic E-state index is 5.96. The van der Waals surface area contributed by atoms with E-state index in [1.54, 1.807) is 22.6 Å². The van der Waals surface area contributed by atoms with E-state index in [0.717, 1.165) is 28.0 Å². The number of benzene rings is 1. The lowest BCUT2D eigenvalue weighted by molar-refractivity contribution is 0.832. The quantitative estimate of drug-likeness (QED) is 0.590. The van der Waals surface area contributed by atoms with Crippen molar-refractivity contribution in [1.82, 2.24) is 19.2 Å². The standard InChI is InChI=1S/C14H15N5S/c1-18-8-7-16-13(18)10-20-14-17-12(9-19(14)15)11-5-3-2-4-6-11/h2-9H,10,15H2,1H3. The third kappa shape index (κ3) is 2.55. The average Bonchev–Trinajstić information content (AvgIpc) is 3.04. The molecular weight excluding hydrogens is 270 g/mol. The smallest absolute Gasteiger partial charge is 0.187 e. The zero-order valence-electron chi connectivity index (χ0n) is 11.1. The maximum Gasteiger partial charge on any atom is 0.187 e. The zero-order chi connectivity index (χ0) is 13.9. The first kappa shape index (κ1) is 12.8. The van der Waals surface area contributed by atoms with E-state index in [9.17, 15) is 0 Å². The number of nitrogens with zero attached hydrogens (tertiary/aromatic N) is 4. The number of nitrogens with two attached hydrogens (primary N) is 1. The molecule has 1 aromatic carbocycles. The van der Waals surface area contributed by atoms with E-state index < -0.39 is 0 Å². The summed E-state index contributed by atoms with van der Waals surface area (Å²) in [6.45, 7) is 0. The molecule has 20 heavy (non-hydrogen) atoms. The molecule has 0 saturated carbocycles. The Bertz CT molecular complexity index is 701. The fourth-order valence-corrected chi connectivity index (χ4v) is 2.80. The van der Waals surface area contributed by atoms with Crippen LogP contribution in [0.25, 0.3) is 11.3 Å². The second-order valence-electron chi connectivity index (χ2n) is 4.43. The fraction of sp³-hybridized carbons (Fsp3) is 0.143. The Hall–Kier alpha value is -2.21. The third-order valence-corrected chi connectivity index (χ3v) is 3.98. The number of nitrogen functional groups attached to an aromatic ring is 1. The molecule has 0 aliphatic heterocycles. The van der Waals surface area contributed by atoms with Gasteiger partial charge in [0.25, 0.3) is 0 Å². The number of hydrogen-bond acceptors (Lipinski definition) is 4. The highest BCUT2D eigenvalue weighted by atomic mass is 32.2. The minimum atomic E-state index is 0.742. The van der Waals surface area contributed by atoms with Gasteiger partial charge in [0.15, 0.2) is 5.16 Å². The van der Waals surface area contributed by atoms with Gasteiger partial charge in [0.1, 0.15) is 5.82 Å². The van der Waals surface area contributed by atoms with E-state index >= 15 is 0 Å². The Balaban J connectivity index is 1.78. The molecule has 0 bridgehead atoms. The van der Waals surface area contributed by atoms with Crippen molar-refractivity contribution < 1.29 is 0 Å². The van der Waals surface area contributed by atoms with Crippen LogP contribution in [0.5, 0.6) is 0 Å². The van der Waals surface area contributed by atoms with Crippen molar-refractivity contribution in [3.05, 3.63) is 54.7 Å². The van der Waals surface area contributed by atoms with Crippen LogP contribution in [0, 0.1) is 0 Å². The van der Waals surface area contributed by atoms with Crippen molar-refractivity contribution in [3.63, 3.8) is 0 Å². The topological polar surface area (TPSA) is 61.7 Å². The normalized spacial score (nSPS) is 10.8. The Kier molecular flexibility index (Phi) is 3.47. The third-order valence-electron chi connectivity index (χ3n) is 3.02. The predicted octanol–water partition coefficient (Wildman–Crippen LogP) is 2.29. The van der Waals surface area contributed by atoms with Crippen LogP contribution in [0.15, 0.2) is 54.1 Å². The molecule has 102 valence electrons. The summed E-state index contributed by atoms with van der Waals surface area (Å²) in [5.74, 6) is 7.70. The lowest BCUT2D eigenvalue weighted by Gasteiger charge is -2.01. The predicted molar refractivity (Wildman–Crippen MR) is 80.6 cm³/mol. The minimum Gasteiger partial charge on any atom is -0.337 e. The summed E-state index contributed by atoms with van der Waals surface area (Å²) >= 11 is 1.58. The molecule has 2 aromatic heterocycles. The summed E-state index contributed by atoms with van der Waals surface area (Å²) in [6, 6.07) is 10.0. The fourth-order valence-electron chi connectivity index (χ4n) is 1.90. The van der Waals surface area contributed by atoms with Crippen LogP contribution in [0.3, 0.4) is 0 Å². The minimum absolute atomic E-state index is 0.742. The van der Waals surface area contributed by atoms with E-state index in [4.69, 9.17) is 5.84 Å². The van der Waals surface area contributed by atoms with Gasteiger partial charge in [-0.1, -0.05) is 42.1 Å². The molecular formula is C14H15N5S. The Morgan fingerprint density at radius 2 is 2.05 bits per heavy atom. The molecule has 3 rings (SSSR count). The van der Waals surface area contributed by atoms with Crippen molar-refractivity contribution in [2.75, 3.05) is 5.84 Å². The van der Waals surface area contributed by atoms with Crippen LogP contribution in [-0.2, 0) is 12.8 Å². The first-order valence-electron chi connectivity index (χ1n) is 6.23. The first-order chi connectivity index (χ1) is 9.74. The van der Waals surface area contributed by atoms with E-state index in [0.29, 0.717) is 0 Å². The van der Waals surface area contributed by atoms with Crippen LogP contribution in [-0.4, -0.2) is 19.2 Å². The number of imidazole rings is 2. The molecule has 0 radical (unpaired) electrons. The molecule has 0 aliphatic rings. The molecule has 6 heteroatoms. The molecule has 2 heterocycles. The molecule has 0 unspecified atom stereocenters. The van der Waals surface area contributed by atoms with E-state index in [2.05, 4.69) is 9.97 Å². The Labute approximate surface area is 121 Å². The van der Waals surface area contributed by atoms with E-state index in [-0.39, 0.29) is 0 Å². The van der Waals surface area contributed by atoms with Crippen molar-refractivity contribution in [1.29, 1.82) is 0 Å². The summed E-state index contributed by atoms with van der Waals surface area (Å²) in [5, 5.41) is 0.784. The van der Waals surface area contributed by atoms with Gasteiger partial charge in [-0.15, -0.1) is 0 Å². The van der Waals surface area contributed by atoms with Crippen LogP contribution < -0.4 is 5.84 Å². The second-order valence-corrected chi connectivity index (χ2v) is 5.37. The number of thioether (sulfide) groups is 1. The molecule has 0 saturated heterocycles. The van der Waals surface area contributed by atoms with E-state index in [1.807, 2.05) is 54.3 Å². The van der Waals surface area contributed by atoms with Gasteiger partial charge in [-0.3, -0.25) is 0 Å². The van der Waals surface area contributed by atoms with Crippen molar-refractivity contribution in [2.24, 2.45) is 7.05 Å². The highest BCUT2D eigenvalue weighted by Crippen LogP contribution is 2.24. The highest BCUT2D eigenvalue weighted by Gasteiger charge is 2.09. The zero-order valence-corrected chi connectivity index (χ0v) is 11.9. The molecule has 0 aliphatic carbocycles. The molecule has 3 aromatic rings. The number of rotatable bonds is 4. The van der Waals surface area contributed by atoms with Crippen molar-refractivity contribution >= 4 is 11.8 Å². The summed E-state index contributed by atoms with van der Waals surface area (Å²) in [7, 11) is 1.98. The Morgan fingerprint density at radius 3 is 2.75 bits per heavy atom. The van der Waals surface area contributed by atoms with Gasteiger partial charge in [-0.2, -0.15) is 0 Å². The SMILES string of the molecule is Cn1ccnc1CSc1nc(-c2ccccc2)cn1N. The van der Waals surface area contributed by atoms with Crippen molar-refractivity contribution in [3.8, 4) is 11.3 Å². The van der Waals surface area contributed by atoms with Crippen LogP contribution in [0.4, 0.5) is 0 Å². The van der Waals surface area contributed by atoms with Gasteiger partial charge < -0.3 is 10.4 Å². The van der Waals surface area contributed by atoms with Crippen LogP contribution in [0.2, 0.25) is 0 Å². The summed E-state index contributed by atoms with van der Waals surface area (Å²) in [6.07, 6.45) is 5.57. The second kappa shape index (κ2) is 5.42. The van der Waals surface area contributed by atoms with Gasteiger partial charge in [0.2, 0.25) is 0 Å². The summed E-state index contributed by atoms with van der Waals surface area (Å²) in [5.41, 5.74) is 1.95. The first-order valence-corrected chi connectivity index (χ1v) is 7.21. The van der Waals surface area contributed by atoms with Crippen LogP contribution >= 0.6 is 11.8 Å². The molecule has 5 nitrogen and oxygen atoms in total. The lowest BCUT2D eigenvalue weighted by atomic mass is 10.2. The highest BCUT2D eigenvalue weighted by molar-refractivity contribution is 7.98. The average molecular weight is 285 g/mol. The number of hydrogen-bond donors (Lipinski definition) is 1. The molecule has 0 atom stereocenters. The van der Waals surface area contributed by atoms with Gasteiger partial charge in [-0.05, 0) is 0 Å².